The second kappa shape index (κ2) is 6.09. The van der Waals surface area contributed by atoms with Crippen molar-refractivity contribution in [2.24, 2.45) is 0 Å². The fourth-order valence-corrected chi connectivity index (χ4v) is 3.14. The van der Waals surface area contributed by atoms with Gasteiger partial charge in [0.1, 0.15) is 11.0 Å². The number of nitrogens with one attached hydrogen (secondary N) is 1. The Morgan fingerprint density at radius 2 is 2.09 bits per heavy atom. The lowest BCUT2D eigenvalue weighted by Crippen LogP contribution is -2.13. The van der Waals surface area contributed by atoms with E-state index in [4.69, 9.17) is 21.3 Å². The zero-order valence-corrected chi connectivity index (χ0v) is 12.7. The molecule has 9 heteroatoms. The molecule has 1 N–H and O–H groups in total. The Hall–Kier alpha value is -2.50. The molecule has 0 atom stereocenters. The number of nitrogens with zero attached hydrogens (tertiary/aromatic N) is 1. The van der Waals surface area contributed by atoms with Crippen molar-refractivity contribution in [1.29, 1.82) is 5.26 Å². The number of anilines is 1. The summed E-state index contributed by atoms with van der Waals surface area (Å²) < 4.78 is 36.1. The fourth-order valence-electron chi connectivity index (χ4n) is 1.61. The molecule has 2 aromatic rings. The summed E-state index contributed by atoms with van der Waals surface area (Å²) in [6.45, 7) is 0. The van der Waals surface area contributed by atoms with E-state index in [-0.39, 0.29) is 17.0 Å². The van der Waals surface area contributed by atoms with Crippen LogP contribution in [0.5, 0.6) is 0 Å². The van der Waals surface area contributed by atoms with Crippen LogP contribution in [-0.4, -0.2) is 21.5 Å². The summed E-state index contributed by atoms with van der Waals surface area (Å²) in [7, 11) is -3.01. The maximum Gasteiger partial charge on any atom is 0.374 e. The number of nitriles is 1. The lowest BCUT2D eigenvalue weighted by atomic mass is 10.2. The van der Waals surface area contributed by atoms with Crippen molar-refractivity contribution in [3.63, 3.8) is 0 Å². The molecule has 114 valence electrons. The minimum Gasteiger partial charge on any atom is -0.463 e. The summed E-state index contributed by atoms with van der Waals surface area (Å²) in [6, 6.07) is 8.84. The third kappa shape index (κ3) is 3.05. The molecule has 0 bridgehead atoms. The number of rotatable bonds is 4. The maximum atomic E-state index is 12.3. The number of methoxy groups -OCH3 is 1. The lowest BCUT2D eigenvalue weighted by molar-refractivity contribution is 0.0565. The third-order valence-electron chi connectivity index (χ3n) is 2.62. The number of halogens is 1. The maximum absolute atomic E-state index is 12.3. The number of benzene rings is 1. The van der Waals surface area contributed by atoms with Crippen molar-refractivity contribution in [2.75, 3.05) is 11.8 Å². The first-order valence-electron chi connectivity index (χ1n) is 5.78. The molecule has 0 fully saturated rings. The van der Waals surface area contributed by atoms with Crippen LogP contribution in [0, 0.1) is 11.3 Å². The summed E-state index contributed by atoms with van der Waals surface area (Å²) in [5.41, 5.74) is 0.223. The van der Waals surface area contributed by atoms with Crippen LogP contribution in [0.25, 0.3) is 0 Å². The Bertz CT molecular complexity index is 867. The number of ether oxygens (including phenoxy) is 1. The molecule has 0 spiro atoms. The summed E-state index contributed by atoms with van der Waals surface area (Å²) in [6.07, 6.45) is 0. The molecule has 0 amide bonds. The standard InChI is InChI=1S/C13H9ClN2O5S/c1-20-13(17)10-6-11(12(14)21-10)22(18,19)16-9-5-3-2-4-8(9)7-15/h2-6,16H,1H3. The van der Waals surface area contributed by atoms with Crippen LogP contribution < -0.4 is 4.72 Å². The Kier molecular flexibility index (Phi) is 4.40. The Morgan fingerprint density at radius 1 is 1.41 bits per heavy atom. The number of carbonyl (C=O) groups excluding carboxylic acids is 1. The van der Waals surface area contributed by atoms with Gasteiger partial charge >= 0.3 is 5.97 Å². The van der Waals surface area contributed by atoms with Gasteiger partial charge in [0.05, 0.1) is 18.4 Å². The smallest absolute Gasteiger partial charge is 0.374 e. The Morgan fingerprint density at radius 3 is 2.73 bits per heavy atom. The number of carbonyl (C=O) groups is 1. The molecule has 0 aliphatic rings. The summed E-state index contributed by atoms with van der Waals surface area (Å²) in [5, 5.41) is 8.47. The summed E-state index contributed by atoms with van der Waals surface area (Å²) in [4.78, 5) is 10.9. The van der Waals surface area contributed by atoms with E-state index in [2.05, 4.69) is 9.46 Å². The SMILES string of the molecule is COC(=O)c1cc(S(=O)(=O)Nc2ccccc2C#N)c(Cl)o1. The largest absolute Gasteiger partial charge is 0.463 e. The summed E-state index contributed by atoms with van der Waals surface area (Å²) >= 11 is 5.71. The molecule has 0 aliphatic carbocycles. The van der Waals surface area contributed by atoms with Crippen molar-refractivity contribution in [1.82, 2.24) is 0 Å². The second-order valence-corrected chi connectivity index (χ2v) is 6.00. The van der Waals surface area contributed by atoms with E-state index in [9.17, 15) is 13.2 Å². The van der Waals surface area contributed by atoms with Gasteiger partial charge in [0.25, 0.3) is 10.0 Å². The van der Waals surface area contributed by atoms with E-state index in [1.807, 2.05) is 6.07 Å². The van der Waals surface area contributed by atoms with Crippen LogP contribution in [0.3, 0.4) is 0 Å². The van der Waals surface area contributed by atoms with E-state index in [1.165, 1.54) is 12.1 Å². The lowest BCUT2D eigenvalue weighted by Gasteiger charge is -2.07. The molecule has 0 radical (unpaired) electrons. The van der Waals surface area contributed by atoms with Gasteiger partial charge in [-0.25, -0.2) is 13.2 Å². The molecular formula is C13H9ClN2O5S. The number of sulfonamides is 1. The zero-order chi connectivity index (χ0) is 16.3. The van der Waals surface area contributed by atoms with Crippen molar-refractivity contribution >= 4 is 33.3 Å². The highest BCUT2D eigenvalue weighted by Crippen LogP contribution is 2.28. The molecule has 1 heterocycles. The monoisotopic (exact) mass is 340 g/mol. The first-order chi connectivity index (χ1) is 10.4. The molecule has 0 saturated heterocycles. The average molecular weight is 341 g/mol. The van der Waals surface area contributed by atoms with Gasteiger partial charge in [0.2, 0.25) is 11.0 Å². The number of furan rings is 1. The Labute approximate surface area is 131 Å². The minimum absolute atomic E-state index is 0.0851. The molecule has 7 nitrogen and oxygen atoms in total. The van der Waals surface area contributed by atoms with Gasteiger partial charge in [-0.1, -0.05) is 12.1 Å². The zero-order valence-electron chi connectivity index (χ0n) is 11.2. The quantitative estimate of drug-likeness (QED) is 0.856. The predicted molar refractivity (Wildman–Crippen MR) is 77.0 cm³/mol. The fraction of sp³-hybridized carbons (Fsp3) is 0.0769. The first-order valence-corrected chi connectivity index (χ1v) is 7.64. The average Bonchev–Trinajstić information content (AvgIpc) is 2.89. The minimum atomic E-state index is -4.13. The molecular weight excluding hydrogens is 332 g/mol. The van der Waals surface area contributed by atoms with Crippen molar-refractivity contribution < 1.29 is 22.4 Å². The molecule has 0 unspecified atom stereocenters. The van der Waals surface area contributed by atoms with Crippen LogP contribution in [0.4, 0.5) is 5.69 Å². The van der Waals surface area contributed by atoms with Crippen molar-refractivity contribution in [3.8, 4) is 6.07 Å². The van der Waals surface area contributed by atoms with Crippen LogP contribution in [-0.2, 0) is 14.8 Å². The molecule has 1 aromatic carbocycles. The van der Waals surface area contributed by atoms with Crippen molar-refractivity contribution in [3.05, 3.63) is 46.9 Å². The van der Waals surface area contributed by atoms with E-state index in [0.717, 1.165) is 13.2 Å². The van der Waals surface area contributed by atoms with Gasteiger partial charge in [-0.2, -0.15) is 5.26 Å². The van der Waals surface area contributed by atoms with Gasteiger partial charge in [0.15, 0.2) is 0 Å². The molecule has 22 heavy (non-hydrogen) atoms. The topological polar surface area (TPSA) is 109 Å². The number of esters is 1. The molecule has 0 aliphatic heterocycles. The highest BCUT2D eigenvalue weighted by molar-refractivity contribution is 7.92. The van der Waals surface area contributed by atoms with Crippen LogP contribution in [0.15, 0.2) is 39.6 Å². The molecule has 1 aromatic heterocycles. The molecule has 2 rings (SSSR count). The number of hydrogen-bond donors (Lipinski definition) is 1. The van der Waals surface area contributed by atoms with E-state index >= 15 is 0 Å². The van der Waals surface area contributed by atoms with Gasteiger partial charge < -0.3 is 9.15 Å². The first kappa shape index (κ1) is 15.9. The normalized spacial score (nSPS) is 10.8. The highest BCUT2D eigenvalue weighted by atomic mass is 35.5. The summed E-state index contributed by atoms with van der Waals surface area (Å²) in [5.74, 6) is -1.21. The third-order valence-corrected chi connectivity index (χ3v) is 4.39. The van der Waals surface area contributed by atoms with Gasteiger partial charge in [0, 0.05) is 6.07 Å². The van der Waals surface area contributed by atoms with Gasteiger partial charge in [-0.15, -0.1) is 0 Å². The van der Waals surface area contributed by atoms with Gasteiger partial charge in [-0.3, -0.25) is 4.72 Å². The number of para-hydroxylation sites is 1. The predicted octanol–water partition coefficient (Wildman–Crippen LogP) is 2.39. The Balaban J connectivity index is 2.42. The van der Waals surface area contributed by atoms with Crippen LogP contribution in [0.2, 0.25) is 5.22 Å². The van der Waals surface area contributed by atoms with Crippen LogP contribution >= 0.6 is 11.6 Å². The number of hydrogen-bond acceptors (Lipinski definition) is 6. The van der Waals surface area contributed by atoms with E-state index in [0.29, 0.717) is 0 Å². The van der Waals surface area contributed by atoms with E-state index < -0.39 is 26.1 Å². The van der Waals surface area contributed by atoms with E-state index in [1.54, 1.807) is 12.1 Å². The highest BCUT2D eigenvalue weighted by Gasteiger charge is 2.26. The van der Waals surface area contributed by atoms with Crippen LogP contribution in [0.1, 0.15) is 16.1 Å². The van der Waals surface area contributed by atoms with Gasteiger partial charge in [-0.05, 0) is 23.7 Å². The second-order valence-electron chi connectivity index (χ2n) is 4.00. The van der Waals surface area contributed by atoms with Crippen molar-refractivity contribution in [2.45, 2.75) is 4.90 Å². The molecule has 0 saturated carbocycles.